The lowest BCUT2D eigenvalue weighted by Crippen LogP contribution is -2.21. The average molecular weight is 385 g/mol. The zero-order valence-electron chi connectivity index (χ0n) is 13.3. The van der Waals surface area contributed by atoms with Crippen molar-refractivity contribution < 1.29 is 32.2 Å². The quantitative estimate of drug-likeness (QED) is 0.555. The number of amides is 1. The molecule has 0 fully saturated rings. The molecule has 138 valence electrons. The number of hydrogen-bond donors (Lipinski definition) is 1. The van der Waals surface area contributed by atoms with Crippen LogP contribution in [0.3, 0.4) is 0 Å². The highest BCUT2D eigenvalue weighted by atomic mass is 32.2. The number of hydrogen-bond acceptors (Lipinski definition) is 5. The van der Waals surface area contributed by atoms with Crippen LogP contribution in [0, 0.1) is 5.82 Å². The van der Waals surface area contributed by atoms with Crippen molar-refractivity contribution in [1.29, 1.82) is 0 Å². The number of benzene rings is 2. The Balaban J connectivity index is 1.72. The molecular weight excluding hydrogens is 371 g/mol. The maximum atomic E-state index is 13.4. The van der Waals surface area contributed by atoms with E-state index in [1.807, 2.05) is 0 Å². The molecule has 0 unspecified atom stereocenters. The Morgan fingerprint density at radius 2 is 1.77 bits per heavy atom. The van der Waals surface area contributed by atoms with Crippen molar-refractivity contribution in [2.75, 3.05) is 17.7 Å². The summed E-state index contributed by atoms with van der Waals surface area (Å²) in [6, 6.07) is 11.2. The van der Waals surface area contributed by atoms with Crippen LogP contribution >= 0.6 is 11.8 Å². The molecule has 2 rings (SSSR count). The third-order valence-corrected chi connectivity index (χ3v) is 3.93. The van der Waals surface area contributed by atoms with E-state index < -0.39 is 30.9 Å². The minimum atomic E-state index is -2.93. The Morgan fingerprint density at radius 1 is 1.08 bits per heavy atom. The summed E-state index contributed by atoms with van der Waals surface area (Å²) in [5.74, 6) is -1.91. The van der Waals surface area contributed by atoms with Gasteiger partial charge in [-0.15, -0.1) is 11.8 Å². The molecule has 0 atom stereocenters. The van der Waals surface area contributed by atoms with Gasteiger partial charge in [0.15, 0.2) is 6.61 Å². The van der Waals surface area contributed by atoms with Crippen molar-refractivity contribution in [1.82, 2.24) is 0 Å². The fourth-order valence-electron chi connectivity index (χ4n) is 1.80. The Bertz CT molecular complexity index is 756. The summed E-state index contributed by atoms with van der Waals surface area (Å²) < 4.78 is 46.5. The van der Waals surface area contributed by atoms with Gasteiger partial charge in [-0.2, -0.15) is 8.78 Å². The van der Waals surface area contributed by atoms with Gasteiger partial charge in [0.25, 0.3) is 5.91 Å². The first kappa shape index (κ1) is 19.6. The standard InChI is InChI=1S/C17H14F3NO4S/c18-13-3-1-2-4-14(13)26-10-16(23)24-9-15(22)21-11-5-7-12(8-6-11)25-17(19)20/h1-8,17H,9-10H2,(H,21,22). The predicted molar refractivity (Wildman–Crippen MR) is 89.8 cm³/mol. The van der Waals surface area contributed by atoms with Crippen LogP contribution < -0.4 is 10.1 Å². The van der Waals surface area contributed by atoms with Gasteiger partial charge in [0.05, 0.1) is 5.75 Å². The van der Waals surface area contributed by atoms with Gasteiger partial charge in [0.2, 0.25) is 0 Å². The number of ether oxygens (including phenoxy) is 2. The maximum Gasteiger partial charge on any atom is 0.387 e. The first-order chi connectivity index (χ1) is 12.4. The highest BCUT2D eigenvalue weighted by Gasteiger charge is 2.11. The minimum absolute atomic E-state index is 0.0467. The van der Waals surface area contributed by atoms with Gasteiger partial charge in [0, 0.05) is 10.6 Å². The molecule has 0 heterocycles. The average Bonchev–Trinajstić information content (AvgIpc) is 2.60. The topological polar surface area (TPSA) is 64.6 Å². The van der Waals surface area contributed by atoms with E-state index in [1.54, 1.807) is 6.07 Å². The lowest BCUT2D eigenvalue weighted by Gasteiger charge is -2.08. The highest BCUT2D eigenvalue weighted by molar-refractivity contribution is 8.00. The first-order valence-corrected chi connectivity index (χ1v) is 8.30. The molecule has 0 saturated carbocycles. The third-order valence-electron chi connectivity index (χ3n) is 2.91. The second-order valence-corrected chi connectivity index (χ2v) is 5.85. The Morgan fingerprint density at radius 3 is 2.42 bits per heavy atom. The van der Waals surface area contributed by atoms with E-state index >= 15 is 0 Å². The molecule has 9 heteroatoms. The number of esters is 1. The summed E-state index contributed by atoms with van der Waals surface area (Å²) in [5.41, 5.74) is 0.327. The summed E-state index contributed by atoms with van der Waals surface area (Å²) in [6.07, 6.45) is 0. The number of rotatable bonds is 8. The molecule has 2 aromatic rings. The normalized spacial score (nSPS) is 10.5. The van der Waals surface area contributed by atoms with E-state index in [9.17, 15) is 22.8 Å². The van der Waals surface area contributed by atoms with E-state index in [-0.39, 0.29) is 11.5 Å². The number of carbonyl (C=O) groups excluding carboxylic acids is 2. The number of carbonyl (C=O) groups is 2. The van der Waals surface area contributed by atoms with Crippen molar-refractivity contribution in [3.63, 3.8) is 0 Å². The lowest BCUT2D eigenvalue weighted by molar-refractivity contribution is -0.144. The van der Waals surface area contributed by atoms with Gasteiger partial charge in [-0.25, -0.2) is 4.39 Å². The second-order valence-electron chi connectivity index (χ2n) is 4.83. The van der Waals surface area contributed by atoms with E-state index in [0.29, 0.717) is 10.6 Å². The summed E-state index contributed by atoms with van der Waals surface area (Å²) in [6.45, 7) is -3.46. The first-order valence-electron chi connectivity index (χ1n) is 7.31. The van der Waals surface area contributed by atoms with Crippen LogP contribution in [0.2, 0.25) is 0 Å². The molecule has 1 N–H and O–H groups in total. The molecule has 0 saturated heterocycles. The van der Waals surface area contributed by atoms with Crippen LogP contribution in [-0.2, 0) is 14.3 Å². The van der Waals surface area contributed by atoms with E-state index in [0.717, 1.165) is 11.8 Å². The van der Waals surface area contributed by atoms with Crippen molar-refractivity contribution in [3.8, 4) is 5.75 Å². The maximum absolute atomic E-state index is 13.4. The van der Waals surface area contributed by atoms with Crippen LogP contribution in [0.5, 0.6) is 5.75 Å². The monoisotopic (exact) mass is 385 g/mol. The van der Waals surface area contributed by atoms with Crippen molar-refractivity contribution in [2.24, 2.45) is 0 Å². The zero-order chi connectivity index (χ0) is 18.9. The predicted octanol–water partition coefficient (Wildman–Crippen LogP) is 3.70. The third kappa shape index (κ3) is 6.67. The van der Waals surface area contributed by atoms with Crippen LogP contribution in [0.1, 0.15) is 0 Å². The molecule has 1 amide bonds. The zero-order valence-corrected chi connectivity index (χ0v) is 14.1. The molecule has 0 bridgehead atoms. The Hall–Kier alpha value is -2.68. The number of nitrogens with one attached hydrogen (secondary N) is 1. The fraction of sp³-hybridized carbons (Fsp3) is 0.176. The SMILES string of the molecule is O=C(COC(=O)CSc1ccccc1F)Nc1ccc(OC(F)F)cc1. The van der Waals surface area contributed by atoms with Gasteiger partial charge in [-0.3, -0.25) is 9.59 Å². The van der Waals surface area contributed by atoms with Crippen molar-refractivity contribution >= 4 is 29.3 Å². The van der Waals surface area contributed by atoms with E-state index in [4.69, 9.17) is 4.74 Å². The van der Waals surface area contributed by atoms with Gasteiger partial charge in [-0.1, -0.05) is 12.1 Å². The number of halogens is 3. The van der Waals surface area contributed by atoms with Crippen LogP contribution in [0.15, 0.2) is 53.4 Å². The molecular formula is C17H14F3NO4S. The molecule has 0 aliphatic rings. The molecule has 0 spiro atoms. The second kappa shape index (κ2) is 9.71. The highest BCUT2D eigenvalue weighted by Crippen LogP contribution is 2.21. The van der Waals surface area contributed by atoms with Crippen LogP contribution in [0.25, 0.3) is 0 Å². The molecule has 5 nitrogen and oxygen atoms in total. The Labute approximate surface area is 151 Å². The van der Waals surface area contributed by atoms with Gasteiger partial charge < -0.3 is 14.8 Å². The molecule has 26 heavy (non-hydrogen) atoms. The van der Waals surface area contributed by atoms with Crippen LogP contribution in [-0.4, -0.2) is 30.8 Å². The lowest BCUT2D eigenvalue weighted by atomic mass is 10.3. The number of anilines is 1. The minimum Gasteiger partial charge on any atom is -0.455 e. The molecule has 2 aromatic carbocycles. The largest absolute Gasteiger partial charge is 0.455 e. The van der Waals surface area contributed by atoms with Gasteiger partial charge >= 0.3 is 12.6 Å². The summed E-state index contributed by atoms with van der Waals surface area (Å²) in [5, 5.41) is 2.43. The number of alkyl halides is 2. The van der Waals surface area contributed by atoms with E-state index in [2.05, 4.69) is 10.1 Å². The molecule has 0 radical (unpaired) electrons. The summed E-state index contributed by atoms with van der Waals surface area (Å²) in [7, 11) is 0. The molecule has 0 aliphatic heterocycles. The molecule has 0 aliphatic carbocycles. The van der Waals surface area contributed by atoms with Crippen molar-refractivity contribution in [2.45, 2.75) is 11.5 Å². The van der Waals surface area contributed by atoms with Crippen LogP contribution in [0.4, 0.5) is 18.9 Å². The summed E-state index contributed by atoms with van der Waals surface area (Å²) >= 11 is 0.961. The Kier molecular flexibility index (Phi) is 7.34. The number of thioether (sulfide) groups is 1. The summed E-state index contributed by atoms with van der Waals surface area (Å²) in [4.78, 5) is 23.6. The van der Waals surface area contributed by atoms with Gasteiger partial charge in [0.1, 0.15) is 11.6 Å². The smallest absolute Gasteiger partial charge is 0.387 e. The van der Waals surface area contributed by atoms with E-state index in [1.165, 1.54) is 42.5 Å². The molecule has 0 aromatic heterocycles. The van der Waals surface area contributed by atoms with Crippen molar-refractivity contribution in [3.05, 3.63) is 54.3 Å². The van der Waals surface area contributed by atoms with Gasteiger partial charge in [-0.05, 0) is 36.4 Å². The fourth-order valence-corrected chi connectivity index (χ4v) is 2.54.